The van der Waals surface area contributed by atoms with E-state index >= 15 is 0 Å². The summed E-state index contributed by atoms with van der Waals surface area (Å²) in [4.78, 5) is 1.36. The number of tetrazole rings is 1. The molecule has 2 rings (SSSR count). The van der Waals surface area contributed by atoms with Crippen LogP contribution in [0.5, 0.6) is 5.75 Å². The lowest BCUT2D eigenvalue weighted by Gasteiger charge is -2.04. The van der Waals surface area contributed by atoms with Crippen molar-refractivity contribution in [3.05, 3.63) is 35.7 Å². The molecular formula is C10H12N6O2. The summed E-state index contributed by atoms with van der Waals surface area (Å²) in [7, 11) is 1.68. The zero-order valence-electron chi connectivity index (χ0n) is 9.69. The Hall–Kier alpha value is -2.64. The molecular weight excluding hydrogens is 236 g/mol. The number of aryl methyl sites for hydroxylation is 1. The molecule has 0 amide bonds. The summed E-state index contributed by atoms with van der Waals surface area (Å²) < 4.78 is 5.45. The second kappa shape index (κ2) is 5.13. The van der Waals surface area contributed by atoms with Gasteiger partial charge in [-0.1, -0.05) is 5.16 Å². The molecule has 3 N–H and O–H groups in total. The van der Waals surface area contributed by atoms with Crippen LogP contribution in [-0.4, -0.2) is 31.3 Å². The Kier molecular flexibility index (Phi) is 3.37. The van der Waals surface area contributed by atoms with Crippen LogP contribution >= 0.6 is 0 Å². The van der Waals surface area contributed by atoms with Crippen molar-refractivity contribution in [1.29, 1.82) is 0 Å². The van der Waals surface area contributed by atoms with Gasteiger partial charge in [0.2, 0.25) is 5.82 Å². The van der Waals surface area contributed by atoms with Crippen molar-refractivity contribution < 1.29 is 9.94 Å². The predicted molar refractivity (Wildman–Crippen MR) is 62.1 cm³/mol. The summed E-state index contributed by atoms with van der Waals surface area (Å²) in [6, 6.07) is 6.80. The maximum absolute atomic E-state index is 8.52. The molecule has 8 heteroatoms. The predicted octanol–water partition coefficient (Wildman–Crippen LogP) is -0.116. The second-order valence-corrected chi connectivity index (χ2v) is 3.49. The normalized spacial score (nSPS) is 11.5. The maximum atomic E-state index is 8.52. The molecule has 1 heterocycles. The lowest BCUT2D eigenvalue weighted by molar-refractivity contribution is 0.295. The quantitative estimate of drug-likeness (QED) is 0.338. The van der Waals surface area contributed by atoms with E-state index in [2.05, 4.69) is 20.6 Å². The average molecular weight is 248 g/mol. The molecule has 1 aromatic carbocycles. The molecule has 2 aromatic rings. The Morgan fingerprint density at radius 3 is 2.72 bits per heavy atom. The number of hydrogen-bond donors (Lipinski definition) is 2. The van der Waals surface area contributed by atoms with Crippen LogP contribution < -0.4 is 10.5 Å². The molecule has 0 fully saturated rings. The van der Waals surface area contributed by atoms with Crippen molar-refractivity contribution in [3.63, 3.8) is 0 Å². The highest BCUT2D eigenvalue weighted by Crippen LogP contribution is 2.13. The van der Waals surface area contributed by atoms with E-state index in [4.69, 9.17) is 15.7 Å². The van der Waals surface area contributed by atoms with Crippen molar-refractivity contribution in [2.24, 2.45) is 17.9 Å². The van der Waals surface area contributed by atoms with Gasteiger partial charge >= 0.3 is 0 Å². The van der Waals surface area contributed by atoms with Crippen molar-refractivity contribution in [2.45, 2.75) is 6.61 Å². The molecule has 0 aliphatic heterocycles. The number of nitrogens with zero attached hydrogens (tertiary/aromatic N) is 5. The average Bonchev–Trinajstić information content (AvgIpc) is 2.82. The lowest BCUT2D eigenvalue weighted by atomic mass is 10.2. The lowest BCUT2D eigenvalue weighted by Crippen LogP contribution is -2.12. The van der Waals surface area contributed by atoms with Crippen molar-refractivity contribution in [3.8, 4) is 5.75 Å². The van der Waals surface area contributed by atoms with Gasteiger partial charge in [-0.05, 0) is 29.5 Å². The number of nitrogens with two attached hydrogens (primary N) is 1. The second-order valence-electron chi connectivity index (χ2n) is 3.49. The van der Waals surface area contributed by atoms with E-state index in [9.17, 15) is 0 Å². The molecule has 0 unspecified atom stereocenters. The number of rotatable bonds is 4. The Morgan fingerprint density at radius 1 is 1.44 bits per heavy atom. The van der Waals surface area contributed by atoms with Crippen LogP contribution in [0.3, 0.4) is 0 Å². The highest BCUT2D eigenvalue weighted by Gasteiger charge is 2.03. The minimum atomic E-state index is 0.0529. The van der Waals surface area contributed by atoms with E-state index in [0.717, 1.165) is 0 Å². The third-order valence-electron chi connectivity index (χ3n) is 2.18. The summed E-state index contributed by atoms with van der Waals surface area (Å²) in [5.74, 6) is 1.19. The minimum absolute atomic E-state index is 0.0529. The van der Waals surface area contributed by atoms with E-state index in [0.29, 0.717) is 17.1 Å². The molecule has 18 heavy (non-hydrogen) atoms. The number of oxime groups is 1. The van der Waals surface area contributed by atoms with Gasteiger partial charge in [0.1, 0.15) is 5.75 Å². The van der Waals surface area contributed by atoms with Crippen LogP contribution in [0.15, 0.2) is 29.4 Å². The van der Waals surface area contributed by atoms with Gasteiger partial charge in [-0.25, -0.2) is 0 Å². The van der Waals surface area contributed by atoms with Crippen LogP contribution in [0.4, 0.5) is 0 Å². The number of benzene rings is 1. The first-order valence-electron chi connectivity index (χ1n) is 5.12. The van der Waals surface area contributed by atoms with Crippen LogP contribution in [0, 0.1) is 0 Å². The van der Waals surface area contributed by atoms with Crippen LogP contribution in [0.25, 0.3) is 0 Å². The molecule has 0 saturated heterocycles. The molecule has 0 radical (unpaired) electrons. The van der Waals surface area contributed by atoms with Gasteiger partial charge in [-0.3, -0.25) is 0 Å². The molecule has 1 aromatic heterocycles. The van der Waals surface area contributed by atoms with Crippen LogP contribution in [0.2, 0.25) is 0 Å². The summed E-state index contributed by atoms with van der Waals surface area (Å²) in [5, 5.41) is 22.9. The third-order valence-corrected chi connectivity index (χ3v) is 2.18. The largest absolute Gasteiger partial charge is 0.485 e. The number of ether oxygens (including phenoxy) is 1. The fraction of sp³-hybridized carbons (Fsp3) is 0.200. The smallest absolute Gasteiger partial charge is 0.212 e. The van der Waals surface area contributed by atoms with Gasteiger partial charge in [-0.15, -0.1) is 10.2 Å². The summed E-state index contributed by atoms with van der Waals surface area (Å²) >= 11 is 0. The Bertz CT molecular complexity index is 548. The first-order chi connectivity index (χ1) is 8.69. The van der Waals surface area contributed by atoms with Gasteiger partial charge in [0.05, 0.1) is 7.05 Å². The van der Waals surface area contributed by atoms with Gasteiger partial charge < -0.3 is 15.7 Å². The SMILES string of the molecule is Cn1nnc(COc2ccc(/C(N)=N/O)cc2)n1. The van der Waals surface area contributed by atoms with Crippen molar-refractivity contribution in [1.82, 2.24) is 20.2 Å². The van der Waals surface area contributed by atoms with E-state index in [1.165, 1.54) is 4.80 Å². The van der Waals surface area contributed by atoms with Gasteiger partial charge in [0, 0.05) is 5.56 Å². The van der Waals surface area contributed by atoms with Gasteiger partial charge in [0.15, 0.2) is 12.4 Å². The highest BCUT2D eigenvalue weighted by molar-refractivity contribution is 5.97. The molecule has 0 aliphatic carbocycles. The number of hydrogen-bond acceptors (Lipinski definition) is 6. The van der Waals surface area contributed by atoms with Crippen LogP contribution in [0.1, 0.15) is 11.4 Å². The molecule has 8 nitrogen and oxygen atoms in total. The monoisotopic (exact) mass is 248 g/mol. The topological polar surface area (TPSA) is 111 Å². The van der Waals surface area contributed by atoms with Gasteiger partial charge in [0.25, 0.3) is 0 Å². The molecule has 0 spiro atoms. The summed E-state index contributed by atoms with van der Waals surface area (Å²) in [6.45, 7) is 0.233. The maximum Gasteiger partial charge on any atom is 0.212 e. The zero-order valence-corrected chi connectivity index (χ0v) is 9.69. The minimum Gasteiger partial charge on any atom is -0.485 e. The molecule has 94 valence electrons. The van der Waals surface area contributed by atoms with Crippen molar-refractivity contribution in [2.75, 3.05) is 0 Å². The fourth-order valence-electron chi connectivity index (χ4n) is 1.31. The van der Waals surface area contributed by atoms with E-state index < -0.39 is 0 Å². The standard InChI is InChI=1S/C10H12N6O2/c1-16-13-9(12-15-16)6-18-8-4-2-7(3-5-8)10(11)14-17/h2-5,17H,6H2,1H3,(H2,11,14). The third kappa shape index (κ3) is 2.73. The molecule has 0 saturated carbocycles. The Balaban J connectivity index is 1.98. The molecule has 0 atom stereocenters. The van der Waals surface area contributed by atoms with Crippen molar-refractivity contribution >= 4 is 5.84 Å². The Labute approximate surface area is 103 Å². The van der Waals surface area contributed by atoms with E-state index in [-0.39, 0.29) is 12.4 Å². The number of amidine groups is 1. The first-order valence-corrected chi connectivity index (χ1v) is 5.12. The first kappa shape index (κ1) is 11.8. The Morgan fingerprint density at radius 2 is 2.17 bits per heavy atom. The van der Waals surface area contributed by atoms with E-state index in [1.807, 2.05) is 0 Å². The molecule has 0 bridgehead atoms. The van der Waals surface area contributed by atoms with Crippen LogP contribution in [-0.2, 0) is 13.7 Å². The fourth-order valence-corrected chi connectivity index (χ4v) is 1.31. The zero-order chi connectivity index (χ0) is 13.0. The number of aromatic nitrogens is 4. The summed E-state index contributed by atoms with van der Waals surface area (Å²) in [5.41, 5.74) is 6.05. The van der Waals surface area contributed by atoms with E-state index in [1.54, 1.807) is 31.3 Å². The molecule has 0 aliphatic rings. The highest BCUT2D eigenvalue weighted by atomic mass is 16.5. The summed E-state index contributed by atoms with van der Waals surface area (Å²) in [6.07, 6.45) is 0. The van der Waals surface area contributed by atoms with Gasteiger partial charge in [-0.2, -0.15) is 4.80 Å².